The molecule has 8 nitrogen and oxygen atoms in total. The Labute approximate surface area is 155 Å². The molecule has 0 aliphatic carbocycles. The van der Waals surface area contributed by atoms with Crippen LogP contribution in [0.25, 0.3) is 0 Å². The second-order valence-corrected chi connectivity index (χ2v) is 6.80. The highest BCUT2D eigenvalue weighted by molar-refractivity contribution is 7.15. The molecule has 2 amide bonds. The van der Waals surface area contributed by atoms with Crippen LogP contribution in [-0.2, 0) is 20.9 Å². The maximum absolute atomic E-state index is 12.5. The molecule has 1 aromatic heterocycles. The van der Waals surface area contributed by atoms with Crippen molar-refractivity contribution in [3.63, 3.8) is 0 Å². The first-order valence-electron chi connectivity index (χ1n) is 8.26. The number of benzene rings is 1. The van der Waals surface area contributed by atoms with Crippen molar-refractivity contribution in [1.29, 1.82) is 0 Å². The van der Waals surface area contributed by atoms with Crippen molar-refractivity contribution in [3.8, 4) is 5.75 Å². The lowest BCUT2D eigenvalue weighted by Crippen LogP contribution is -2.28. The zero-order chi connectivity index (χ0) is 18.5. The largest absolute Gasteiger partial charge is 0.497 e. The minimum Gasteiger partial charge on any atom is -0.497 e. The summed E-state index contributed by atoms with van der Waals surface area (Å²) >= 11 is 1.27. The van der Waals surface area contributed by atoms with E-state index in [0.717, 1.165) is 5.69 Å². The number of methoxy groups -OCH3 is 1. The number of carbonyl (C=O) groups is 2. The molecule has 1 atom stereocenters. The number of rotatable bonds is 7. The van der Waals surface area contributed by atoms with Gasteiger partial charge in [-0.15, -0.1) is 10.2 Å². The van der Waals surface area contributed by atoms with Crippen LogP contribution in [0.4, 0.5) is 10.8 Å². The first kappa shape index (κ1) is 18.3. The molecular formula is C17H20N4O4S. The van der Waals surface area contributed by atoms with Gasteiger partial charge in [-0.2, -0.15) is 0 Å². The van der Waals surface area contributed by atoms with Crippen molar-refractivity contribution in [3.05, 3.63) is 29.3 Å². The summed E-state index contributed by atoms with van der Waals surface area (Å²) in [7, 11) is 1.57. The topological polar surface area (TPSA) is 93.7 Å². The lowest BCUT2D eigenvalue weighted by molar-refractivity contribution is -0.122. The molecule has 0 spiro atoms. The van der Waals surface area contributed by atoms with Crippen LogP contribution in [0.2, 0.25) is 0 Å². The zero-order valence-corrected chi connectivity index (χ0v) is 15.4. The van der Waals surface area contributed by atoms with Crippen molar-refractivity contribution < 1.29 is 19.1 Å². The standard InChI is InChI=1S/C17H20N4O4S/c1-3-25-10-14-19-20-17(26-14)18-16(23)11-7-15(22)21(9-11)12-5-4-6-13(8-12)24-2/h4-6,8,11H,3,7,9-10H2,1-2H3,(H,18,20,23). The summed E-state index contributed by atoms with van der Waals surface area (Å²) in [4.78, 5) is 26.4. The lowest BCUT2D eigenvalue weighted by Gasteiger charge is -2.17. The van der Waals surface area contributed by atoms with Crippen molar-refractivity contribution >= 4 is 34.0 Å². The molecule has 138 valence electrons. The number of aromatic nitrogens is 2. The Morgan fingerprint density at radius 1 is 1.42 bits per heavy atom. The smallest absolute Gasteiger partial charge is 0.231 e. The Bertz CT molecular complexity index is 795. The average Bonchev–Trinajstić information content (AvgIpc) is 3.26. The molecule has 1 fully saturated rings. The first-order chi connectivity index (χ1) is 12.6. The Kier molecular flexibility index (Phi) is 5.79. The predicted octanol–water partition coefficient (Wildman–Crippen LogP) is 2.07. The van der Waals surface area contributed by atoms with E-state index in [1.165, 1.54) is 11.3 Å². The first-order valence-corrected chi connectivity index (χ1v) is 9.07. The van der Waals surface area contributed by atoms with Gasteiger partial charge in [-0.25, -0.2) is 0 Å². The molecule has 0 bridgehead atoms. The van der Waals surface area contributed by atoms with Crippen LogP contribution < -0.4 is 15.0 Å². The van der Waals surface area contributed by atoms with Crippen LogP contribution in [0.15, 0.2) is 24.3 Å². The van der Waals surface area contributed by atoms with Gasteiger partial charge in [0.2, 0.25) is 16.9 Å². The monoisotopic (exact) mass is 376 g/mol. The van der Waals surface area contributed by atoms with Gasteiger partial charge in [0.25, 0.3) is 0 Å². The molecule has 1 aliphatic heterocycles. The third kappa shape index (κ3) is 4.17. The fourth-order valence-corrected chi connectivity index (χ4v) is 3.35. The molecule has 26 heavy (non-hydrogen) atoms. The summed E-state index contributed by atoms with van der Waals surface area (Å²) in [6, 6.07) is 7.23. The van der Waals surface area contributed by atoms with E-state index in [1.54, 1.807) is 18.1 Å². The van der Waals surface area contributed by atoms with Crippen LogP contribution in [0.5, 0.6) is 5.75 Å². The Hall–Kier alpha value is -2.52. The van der Waals surface area contributed by atoms with Gasteiger partial charge >= 0.3 is 0 Å². The van der Waals surface area contributed by atoms with Gasteiger partial charge in [0.1, 0.15) is 17.4 Å². The summed E-state index contributed by atoms with van der Waals surface area (Å²) < 4.78 is 10.5. The van der Waals surface area contributed by atoms with Gasteiger partial charge in [0, 0.05) is 31.3 Å². The quantitative estimate of drug-likeness (QED) is 0.795. The van der Waals surface area contributed by atoms with Gasteiger partial charge in [0.05, 0.1) is 13.0 Å². The van der Waals surface area contributed by atoms with E-state index in [-0.39, 0.29) is 18.2 Å². The lowest BCUT2D eigenvalue weighted by atomic mass is 10.1. The highest BCUT2D eigenvalue weighted by Crippen LogP contribution is 2.28. The fourth-order valence-electron chi connectivity index (χ4n) is 2.67. The summed E-state index contributed by atoms with van der Waals surface area (Å²) in [5.74, 6) is -0.0950. The van der Waals surface area contributed by atoms with Crippen molar-refractivity contribution in [1.82, 2.24) is 10.2 Å². The van der Waals surface area contributed by atoms with Crippen molar-refractivity contribution in [2.45, 2.75) is 20.0 Å². The van der Waals surface area contributed by atoms with Gasteiger partial charge in [-0.05, 0) is 19.1 Å². The maximum Gasteiger partial charge on any atom is 0.231 e. The molecule has 9 heteroatoms. The van der Waals surface area contributed by atoms with Crippen LogP contribution in [0, 0.1) is 5.92 Å². The molecule has 2 aromatic rings. The van der Waals surface area contributed by atoms with E-state index in [4.69, 9.17) is 9.47 Å². The minimum atomic E-state index is -0.437. The van der Waals surface area contributed by atoms with Crippen LogP contribution in [0.1, 0.15) is 18.4 Å². The molecule has 1 aliphatic rings. The number of nitrogens with one attached hydrogen (secondary N) is 1. The van der Waals surface area contributed by atoms with Gasteiger partial charge < -0.3 is 19.7 Å². The summed E-state index contributed by atoms with van der Waals surface area (Å²) in [5.41, 5.74) is 0.722. The van der Waals surface area contributed by atoms with E-state index in [2.05, 4.69) is 15.5 Å². The summed E-state index contributed by atoms with van der Waals surface area (Å²) in [6.07, 6.45) is 0.160. The van der Waals surface area contributed by atoms with Gasteiger partial charge in [0.15, 0.2) is 0 Å². The zero-order valence-electron chi connectivity index (χ0n) is 14.6. The molecule has 1 saturated heterocycles. The predicted molar refractivity (Wildman–Crippen MR) is 97.3 cm³/mol. The van der Waals surface area contributed by atoms with Gasteiger partial charge in [-0.1, -0.05) is 17.4 Å². The average molecular weight is 376 g/mol. The maximum atomic E-state index is 12.5. The normalized spacial score (nSPS) is 16.8. The number of nitrogens with zero attached hydrogens (tertiary/aromatic N) is 3. The number of ether oxygens (including phenoxy) is 2. The Morgan fingerprint density at radius 3 is 3.04 bits per heavy atom. The second kappa shape index (κ2) is 8.24. The fraction of sp³-hybridized carbons (Fsp3) is 0.412. The summed E-state index contributed by atoms with van der Waals surface area (Å²) in [5, 5.41) is 11.8. The number of carbonyl (C=O) groups excluding carboxylic acids is 2. The van der Waals surface area contributed by atoms with Crippen LogP contribution in [0.3, 0.4) is 0 Å². The molecule has 0 saturated carbocycles. The minimum absolute atomic E-state index is 0.0901. The number of hydrogen-bond donors (Lipinski definition) is 1. The van der Waals surface area contributed by atoms with E-state index in [1.807, 2.05) is 25.1 Å². The molecule has 0 radical (unpaired) electrons. The third-order valence-corrected chi connectivity index (χ3v) is 4.80. The van der Waals surface area contributed by atoms with E-state index in [9.17, 15) is 9.59 Å². The highest BCUT2D eigenvalue weighted by Gasteiger charge is 2.35. The van der Waals surface area contributed by atoms with Crippen LogP contribution >= 0.6 is 11.3 Å². The Morgan fingerprint density at radius 2 is 2.27 bits per heavy atom. The number of anilines is 2. The van der Waals surface area contributed by atoms with Crippen LogP contribution in [-0.4, -0.2) is 42.3 Å². The van der Waals surface area contributed by atoms with E-state index in [0.29, 0.717) is 35.6 Å². The highest BCUT2D eigenvalue weighted by atomic mass is 32.1. The molecule has 1 aromatic carbocycles. The molecular weight excluding hydrogens is 356 g/mol. The van der Waals surface area contributed by atoms with E-state index >= 15 is 0 Å². The number of hydrogen-bond acceptors (Lipinski definition) is 7. The molecule has 1 N–H and O–H groups in total. The Balaban J connectivity index is 1.62. The third-order valence-electron chi connectivity index (χ3n) is 3.99. The van der Waals surface area contributed by atoms with Gasteiger partial charge in [-0.3, -0.25) is 9.59 Å². The SMILES string of the molecule is CCOCc1nnc(NC(=O)C2CC(=O)N(c3cccc(OC)c3)C2)s1. The van der Waals surface area contributed by atoms with Crippen molar-refractivity contribution in [2.24, 2.45) is 5.92 Å². The molecule has 1 unspecified atom stereocenters. The number of amides is 2. The second-order valence-electron chi connectivity index (χ2n) is 5.73. The van der Waals surface area contributed by atoms with E-state index < -0.39 is 5.92 Å². The summed E-state index contributed by atoms with van der Waals surface area (Å²) in [6.45, 7) is 3.18. The van der Waals surface area contributed by atoms with Crippen molar-refractivity contribution in [2.75, 3.05) is 30.5 Å². The molecule has 3 rings (SSSR count). The molecule has 2 heterocycles.